The molecule has 1 aromatic heterocycles. The van der Waals surface area contributed by atoms with Crippen LogP contribution < -0.4 is 4.90 Å². The highest BCUT2D eigenvalue weighted by atomic mass is 19.1. The molecule has 0 unspecified atom stereocenters. The zero-order valence-electron chi connectivity index (χ0n) is 21.1. The molecule has 0 saturated carbocycles. The van der Waals surface area contributed by atoms with E-state index in [-0.39, 0.29) is 17.1 Å². The predicted octanol–water partition coefficient (Wildman–Crippen LogP) is 5.20. The Bertz CT molecular complexity index is 1110. The topological polar surface area (TPSA) is 52.8 Å². The molecule has 6 nitrogen and oxygen atoms in total. The number of carbonyl (C=O) groups is 1. The molecule has 2 heterocycles. The fourth-order valence-corrected chi connectivity index (χ4v) is 4.33. The number of rotatable bonds is 7. The SMILES string of the molecule is CN1CCN(c2onc(-c3ccc(F)cc3)c2CN(Cc2ccccc2)C(=O)CC(C)(C)C)CC1. The molecular weight excluding hydrogens is 443 g/mol. The second kappa shape index (κ2) is 10.6. The Labute approximate surface area is 207 Å². The zero-order chi connectivity index (χ0) is 25.0. The highest BCUT2D eigenvalue weighted by molar-refractivity contribution is 5.78. The molecule has 1 saturated heterocycles. The van der Waals surface area contributed by atoms with Gasteiger partial charge in [-0.15, -0.1) is 0 Å². The first kappa shape index (κ1) is 24.9. The monoisotopic (exact) mass is 478 g/mol. The lowest BCUT2D eigenvalue weighted by molar-refractivity contribution is -0.134. The van der Waals surface area contributed by atoms with Crippen molar-refractivity contribution in [2.45, 2.75) is 40.3 Å². The normalized spacial score (nSPS) is 14.8. The summed E-state index contributed by atoms with van der Waals surface area (Å²) >= 11 is 0. The van der Waals surface area contributed by atoms with Gasteiger partial charge in [0.15, 0.2) is 0 Å². The summed E-state index contributed by atoms with van der Waals surface area (Å²) in [6.07, 6.45) is 0.431. The van der Waals surface area contributed by atoms with E-state index in [0.717, 1.165) is 42.9 Å². The molecule has 186 valence electrons. The van der Waals surface area contributed by atoms with Gasteiger partial charge in [0.05, 0.1) is 12.1 Å². The molecule has 1 fully saturated rings. The Morgan fingerprint density at radius 2 is 1.66 bits per heavy atom. The molecule has 1 aliphatic rings. The minimum absolute atomic E-state index is 0.0805. The number of carbonyl (C=O) groups excluding carboxylic acids is 1. The van der Waals surface area contributed by atoms with E-state index in [1.54, 1.807) is 12.1 Å². The first-order valence-corrected chi connectivity index (χ1v) is 12.2. The summed E-state index contributed by atoms with van der Waals surface area (Å²) in [5, 5.41) is 4.41. The molecule has 2 aromatic carbocycles. The van der Waals surface area contributed by atoms with Gasteiger partial charge in [-0.1, -0.05) is 56.3 Å². The van der Waals surface area contributed by atoms with Crippen LogP contribution in [0.25, 0.3) is 11.3 Å². The minimum Gasteiger partial charge on any atom is -0.338 e. The molecule has 0 N–H and O–H groups in total. The molecule has 0 radical (unpaired) electrons. The molecule has 3 aromatic rings. The predicted molar refractivity (Wildman–Crippen MR) is 136 cm³/mol. The second-order valence-electron chi connectivity index (χ2n) is 10.6. The summed E-state index contributed by atoms with van der Waals surface area (Å²) in [4.78, 5) is 19.9. The third-order valence-corrected chi connectivity index (χ3v) is 6.28. The number of nitrogens with zero attached hydrogens (tertiary/aromatic N) is 4. The summed E-state index contributed by atoms with van der Waals surface area (Å²) in [6, 6.07) is 16.3. The average molecular weight is 479 g/mol. The molecule has 1 amide bonds. The van der Waals surface area contributed by atoms with E-state index in [4.69, 9.17) is 4.52 Å². The van der Waals surface area contributed by atoms with Crippen molar-refractivity contribution in [2.75, 3.05) is 38.1 Å². The Morgan fingerprint density at radius 1 is 1.00 bits per heavy atom. The van der Waals surface area contributed by atoms with Gasteiger partial charge in [0.2, 0.25) is 11.8 Å². The van der Waals surface area contributed by atoms with Crippen LogP contribution in [-0.2, 0) is 17.9 Å². The summed E-state index contributed by atoms with van der Waals surface area (Å²) in [5.74, 6) is 0.472. The van der Waals surface area contributed by atoms with Crippen LogP contribution in [0.2, 0.25) is 0 Å². The number of hydrogen-bond acceptors (Lipinski definition) is 5. The molecule has 35 heavy (non-hydrogen) atoms. The fourth-order valence-electron chi connectivity index (χ4n) is 4.33. The van der Waals surface area contributed by atoms with Gasteiger partial charge in [0.25, 0.3) is 0 Å². The summed E-state index contributed by atoms with van der Waals surface area (Å²) in [5.41, 5.74) is 3.21. The largest absolute Gasteiger partial charge is 0.338 e. The Morgan fingerprint density at radius 3 is 2.29 bits per heavy atom. The smallest absolute Gasteiger partial charge is 0.232 e. The summed E-state index contributed by atoms with van der Waals surface area (Å²) in [7, 11) is 2.11. The van der Waals surface area contributed by atoms with Gasteiger partial charge in [-0.25, -0.2) is 4.39 Å². The number of amides is 1. The number of hydrogen-bond donors (Lipinski definition) is 0. The number of piperazine rings is 1. The zero-order valence-corrected chi connectivity index (χ0v) is 21.1. The van der Waals surface area contributed by atoms with E-state index in [9.17, 15) is 9.18 Å². The van der Waals surface area contributed by atoms with Crippen molar-refractivity contribution < 1.29 is 13.7 Å². The van der Waals surface area contributed by atoms with E-state index in [1.165, 1.54) is 12.1 Å². The number of anilines is 1. The van der Waals surface area contributed by atoms with E-state index in [0.29, 0.717) is 31.1 Å². The van der Waals surface area contributed by atoms with Crippen LogP contribution in [0.15, 0.2) is 59.1 Å². The summed E-state index contributed by atoms with van der Waals surface area (Å²) < 4.78 is 19.6. The Balaban J connectivity index is 1.72. The van der Waals surface area contributed by atoms with Crippen LogP contribution >= 0.6 is 0 Å². The lowest BCUT2D eigenvalue weighted by Gasteiger charge is -2.33. The highest BCUT2D eigenvalue weighted by Crippen LogP contribution is 2.34. The Hall–Kier alpha value is -3.19. The second-order valence-corrected chi connectivity index (χ2v) is 10.6. The van der Waals surface area contributed by atoms with Crippen LogP contribution in [0.5, 0.6) is 0 Å². The number of aromatic nitrogens is 1. The van der Waals surface area contributed by atoms with Gasteiger partial charge in [0, 0.05) is 44.7 Å². The van der Waals surface area contributed by atoms with Crippen molar-refractivity contribution in [3.63, 3.8) is 0 Å². The van der Waals surface area contributed by atoms with Crippen LogP contribution in [0.1, 0.15) is 38.3 Å². The molecule has 0 spiro atoms. The van der Waals surface area contributed by atoms with E-state index < -0.39 is 0 Å². The lowest BCUT2D eigenvalue weighted by Crippen LogP contribution is -2.45. The Kier molecular flexibility index (Phi) is 7.55. The number of benzene rings is 2. The quantitative estimate of drug-likeness (QED) is 0.467. The van der Waals surface area contributed by atoms with Crippen LogP contribution in [-0.4, -0.2) is 54.1 Å². The molecular formula is C28H35FN4O2. The first-order chi connectivity index (χ1) is 16.7. The molecule has 7 heteroatoms. The molecule has 0 atom stereocenters. The van der Waals surface area contributed by atoms with Crippen molar-refractivity contribution in [2.24, 2.45) is 5.41 Å². The molecule has 4 rings (SSSR count). The molecule has 0 aliphatic carbocycles. The number of likely N-dealkylation sites (N-methyl/N-ethyl adjacent to an activating group) is 1. The van der Waals surface area contributed by atoms with E-state index >= 15 is 0 Å². The maximum atomic E-state index is 13.6. The third kappa shape index (κ3) is 6.48. The van der Waals surface area contributed by atoms with Crippen molar-refractivity contribution >= 4 is 11.8 Å². The van der Waals surface area contributed by atoms with Crippen LogP contribution in [0.3, 0.4) is 0 Å². The van der Waals surface area contributed by atoms with Gasteiger partial charge in [0.1, 0.15) is 11.5 Å². The van der Waals surface area contributed by atoms with Gasteiger partial charge >= 0.3 is 0 Å². The van der Waals surface area contributed by atoms with Gasteiger partial charge in [-0.05, 0) is 42.3 Å². The number of halogens is 1. The van der Waals surface area contributed by atoms with Crippen molar-refractivity contribution in [1.82, 2.24) is 15.0 Å². The van der Waals surface area contributed by atoms with Crippen molar-refractivity contribution in [3.05, 3.63) is 71.5 Å². The molecule has 1 aliphatic heterocycles. The molecule has 0 bridgehead atoms. The maximum Gasteiger partial charge on any atom is 0.232 e. The summed E-state index contributed by atoms with van der Waals surface area (Å²) in [6.45, 7) is 10.5. The maximum absolute atomic E-state index is 13.6. The van der Waals surface area contributed by atoms with Crippen molar-refractivity contribution in [3.8, 4) is 11.3 Å². The third-order valence-electron chi connectivity index (χ3n) is 6.28. The minimum atomic E-state index is -0.302. The highest BCUT2D eigenvalue weighted by Gasteiger charge is 2.29. The average Bonchev–Trinajstić information content (AvgIpc) is 3.22. The van der Waals surface area contributed by atoms with Gasteiger partial charge in [-0.3, -0.25) is 4.79 Å². The van der Waals surface area contributed by atoms with E-state index in [1.807, 2.05) is 35.2 Å². The van der Waals surface area contributed by atoms with Gasteiger partial charge in [-0.2, -0.15) is 0 Å². The van der Waals surface area contributed by atoms with Crippen LogP contribution in [0, 0.1) is 11.2 Å². The lowest BCUT2D eigenvalue weighted by atomic mass is 9.91. The van der Waals surface area contributed by atoms with E-state index in [2.05, 4.69) is 42.8 Å². The van der Waals surface area contributed by atoms with Crippen LogP contribution in [0.4, 0.5) is 10.3 Å². The standard InChI is InChI=1S/C28H35FN4O2/c1-28(2,3)18-25(34)33(19-21-8-6-5-7-9-21)20-24-26(22-10-12-23(29)13-11-22)30-35-27(24)32-16-14-31(4)15-17-32/h5-13H,14-20H2,1-4H3. The van der Waals surface area contributed by atoms with Gasteiger partial charge < -0.3 is 19.2 Å². The fraction of sp³-hybridized carbons (Fsp3) is 0.429. The van der Waals surface area contributed by atoms with Crippen molar-refractivity contribution in [1.29, 1.82) is 0 Å². The first-order valence-electron chi connectivity index (χ1n) is 12.2.